The maximum atomic E-state index is 11.4. The number of allylic oxidation sites excluding steroid dienone is 1. The van der Waals surface area contributed by atoms with Crippen molar-refractivity contribution in [2.24, 2.45) is 16.6 Å². The fraction of sp³-hybridized carbons (Fsp3) is 0.421. The fourth-order valence-electron chi connectivity index (χ4n) is 3.09. The molecule has 3 heterocycles. The third-order valence-electron chi connectivity index (χ3n) is 4.50. The second-order valence-corrected chi connectivity index (χ2v) is 6.38. The Labute approximate surface area is 142 Å². The number of pyridine rings is 1. The highest BCUT2D eigenvalue weighted by Gasteiger charge is 2.19. The Balaban J connectivity index is 1.78. The number of hydrogen-bond donors (Lipinski definition) is 1. The van der Waals surface area contributed by atoms with Crippen LogP contribution in [0.25, 0.3) is 16.7 Å². The number of nitrogens with two attached hydrogens (primary N) is 1. The van der Waals surface area contributed by atoms with Crippen molar-refractivity contribution in [3.8, 4) is 0 Å². The first-order valence-corrected chi connectivity index (χ1v) is 8.67. The Morgan fingerprint density at radius 1 is 1.38 bits per heavy atom. The summed E-state index contributed by atoms with van der Waals surface area (Å²) in [6.45, 7) is 2.23. The zero-order valence-electron chi connectivity index (χ0n) is 14.1. The largest absolute Gasteiger partial charge is 0.369 e. The lowest BCUT2D eigenvalue weighted by Gasteiger charge is -2.16. The van der Waals surface area contributed by atoms with Crippen molar-refractivity contribution in [2.45, 2.75) is 45.4 Å². The molecule has 5 heteroatoms. The van der Waals surface area contributed by atoms with Gasteiger partial charge in [-0.25, -0.2) is 4.98 Å². The number of aromatic nitrogens is 2. The summed E-state index contributed by atoms with van der Waals surface area (Å²) in [6, 6.07) is 4.28. The molecular formula is C19H24N4O. The second-order valence-electron chi connectivity index (χ2n) is 6.38. The molecular weight excluding hydrogens is 300 g/mol. The summed E-state index contributed by atoms with van der Waals surface area (Å²) in [5, 5.41) is 1.12. The summed E-state index contributed by atoms with van der Waals surface area (Å²) < 4.78 is 2.00. The predicted octanol–water partition coefficient (Wildman–Crippen LogP) is 3.53. The molecule has 0 aliphatic carbocycles. The average molecular weight is 324 g/mol. The number of fused-ring (bicyclic) bond motifs is 1. The van der Waals surface area contributed by atoms with E-state index in [1.54, 1.807) is 12.4 Å². The molecule has 126 valence electrons. The third-order valence-corrected chi connectivity index (χ3v) is 4.50. The Hall–Kier alpha value is -2.43. The molecule has 5 nitrogen and oxygen atoms in total. The van der Waals surface area contributed by atoms with Gasteiger partial charge in [0.2, 0.25) is 5.91 Å². The molecule has 2 aromatic rings. The zero-order chi connectivity index (χ0) is 16.9. The molecule has 0 saturated heterocycles. The van der Waals surface area contributed by atoms with Crippen molar-refractivity contribution in [3.05, 3.63) is 36.3 Å². The summed E-state index contributed by atoms with van der Waals surface area (Å²) >= 11 is 0. The molecule has 1 aliphatic heterocycles. The number of aryl methyl sites for hydroxylation is 1. The first-order chi connectivity index (χ1) is 11.7. The van der Waals surface area contributed by atoms with Crippen LogP contribution in [0.2, 0.25) is 0 Å². The third kappa shape index (κ3) is 3.55. The van der Waals surface area contributed by atoms with Gasteiger partial charge >= 0.3 is 0 Å². The summed E-state index contributed by atoms with van der Waals surface area (Å²) in [7, 11) is 0. The fourth-order valence-corrected chi connectivity index (χ4v) is 3.09. The summed E-state index contributed by atoms with van der Waals surface area (Å²) in [4.78, 5) is 20.2. The standard InChI is InChI=1S/C19H24N4O/c1-2-3-4-5-6-14-9-15-7-8-23(19(15)22-11-14)17-10-16(18(20)24)12-21-13-17/h7-9,11-13,16H,2-6,10H2,1H3,(H2,20,24). The van der Waals surface area contributed by atoms with Crippen LogP contribution in [-0.2, 0) is 11.2 Å². The Morgan fingerprint density at radius 3 is 3.04 bits per heavy atom. The molecule has 2 N–H and O–H groups in total. The SMILES string of the molecule is CCCCCCc1cnc2c(ccn2C2=CN=CC(C(N)=O)C2)c1. The lowest BCUT2D eigenvalue weighted by molar-refractivity contribution is -0.119. The van der Waals surface area contributed by atoms with Gasteiger partial charge in [0.15, 0.2) is 0 Å². The van der Waals surface area contributed by atoms with Crippen LogP contribution >= 0.6 is 0 Å². The highest BCUT2D eigenvalue weighted by atomic mass is 16.1. The molecule has 0 aromatic carbocycles. The molecule has 1 atom stereocenters. The molecule has 0 fully saturated rings. The van der Waals surface area contributed by atoms with E-state index in [0.29, 0.717) is 6.42 Å². The van der Waals surface area contributed by atoms with Gasteiger partial charge in [-0.2, -0.15) is 0 Å². The van der Waals surface area contributed by atoms with Crippen LogP contribution < -0.4 is 5.73 Å². The first-order valence-electron chi connectivity index (χ1n) is 8.67. The van der Waals surface area contributed by atoms with E-state index in [1.807, 2.05) is 17.0 Å². The normalized spacial score (nSPS) is 17.2. The quantitative estimate of drug-likeness (QED) is 0.791. The van der Waals surface area contributed by atoms with Crippen LogP contribution in [0.5, 0.6) is 0 Å². The van der Waals surface area contributed by atoms with E-state index in [4.69, 9.17) is 5.73 Å². The Morgan fingerprint density at radius 2 is 2.25 bits per heavy atom. The minimum Gasteiger partial charge on any atom is -0.369 e. The maximum absolute atomic E-state index is 11.4. The smallest absolute Gasteiger partial charge is 0.226 e. The number of nitrogens with zero attached hydrogens (tertiary/aromatic N) is 3. The number of amides is 1. The molecule has 0 radical (unpaired) electrons. The number of unbranched alkanes of at least 4 members (excludes halogenated alkanes) is 3. The summed E-state index contributed by atoms with van der Waals surface area (Å²) in [6.07, 6.45) is 14.0. The van der Waals surface area contributed by atoms with Crippen LogP contribution in [0, 0.1) is 5.92 Å². The van der Waals surface area contributed by atoms with Crippen molar-refractivity contribution >= 4 is 28.9 Å². The zero-order valence-corrected chi connectivity index (χ0v) is 14.1. The second kappa shape index (κ2) is 7.43. The summed E-state index contributed by atoms with van der Waals surface area (Å²) in [5.74, 6) is -0.691. The van der Waals surface area contributed by atoms with Crippen molar-refractivity contribution in [1.82, 2.24) is 9.55 Å². The van der Waals surface area contributed by atoms with Gasteiger partial charge in [-0.05, 0) is 30.5 Å². The number of carbonyl (C=O) groups is 1. The highest BCUT2D eigenvalue weighted by Crippen LogP contribution is 2.25. The van der Waals surface area contributed by atoms with Gasteiger partial charge in [0.05, 0.1) is 5.92 Å². The van der Waals surface area contributed by atoms with E-state index in [0.717, 1.165) is 23.2 Å². The van der Waals surface area contributed by atoms with E-state index in [9.17, 15) is 4.79 Å². The number of carbonyl (C=O) groups excluding carboxylic acids is 1. The minimum atomic E-state index is -0.347. The molecule has 0 saturated carbocycles. The average Bonchev–Trinajstić information content (AvgIpc) is 3.02. The van der Waals surface area contributed by atoms with Crippen molar-refractivity contribution < 1.29 is 4.79 Å². The van der Waals surface area contributed by atoms with Gasteiger partial charge in [0.1, 0.15) is 5.65 Å². The molecule has 3 rings (SSSR count). The van der Waals surface area contributed by atoms with Gasteiger partial charge in [-0.1, -0.05) is 26.2 Å². The van der Waals surface area contributed by atoms with Gasteiger partial charge in [-0.3, -0.25) is 9.79 Å². The number of aliphatic imine (C=N–C) groups is 1. The molecule has 24 heavy (non-hydrogen) atoms. The molecule has 0 bridgehead atoms. The number of hydrogen-bond acceptors (Lipinski definition) is 3. The van der Waals surface area contributed by atoms with Crippen LogP contribution in [0.15, 0.2) is 35.7 Å². The first kappa shape index (κ1) is 16.4. The molecule has 0 spiro atoms. The van der Waals surface area contributed by atoms with Crippen LogP contribution in [0.4, 0.5) is 0 Å². The topological polar surface area (TPSA) is 73.3 Å². The van der Waals surface area contributed by atoms with Gasteiger partial charge in [0, 0.05) is 42.3 Å². The van der Waals surface area contributed by atoms with Crippen molar-refractivity contribution in [3.63, 3.8) is 0 Å². The number of primary amides is 1. The maximum Gasteiger partial charge on any atom is 0.226 e. The van der Waals surface area contributed by atoms with Gasteiger partial charge in [-0.15, -0.1) is 0 Å². The van der Waals surface area contributed by atoms with Crippen LogP contribution in [-0.4, -0.2) is 21.7 Å². The van der Waals surface area contributed by atoms with Gasteiger partial charge < -0.3 is 10.3 Å². The van der Waals surface area contributed by atoms with Crippen molar-refractivity contribution in [2.75, 3.05) is 0 Å². The monoisotopic (exact) mass is 324 g/mol. The van der Waals surface area contributed by atoms with Gasteiger partial charge in [0.25, 0.3) is 0 Å². The lowest BCUT2D eigenvalue weighted by atomic mass is 10.0. The molecule has 1 aliphatic rings. The van der Waals surface area contributed by atoms with E-state index in [-0.39, 0.29) is 11.8 Å². The predicted molar refractivity (Wildman–Crippen MR) is 97.6 cm³/mol. The molecule has 1 unspecified atom stereocenters. The Bertz CT molecular complexity index is 788. The van der Waals surface area contributed by atoms with Crippen molar-refractivity contribution in [1.29, 1.82) is 0 Å². The van der Waals surface area contributed by atoms with Crippen LogP contribution in [0.3, 0.4) is 0 Å². The Kier molecular flexibility index (Phi) is 5.08. The van der Waals surface area contributed by atoms with E-state index in [1.165, 1.54) is 31.2 Å². The minimum absolute atomic E-state index is 0.344. The van der Waals surface area contributed by atoms with E-state index >= 15 is 0 Å². The van der Waals surface area contributed by atoms with E-state index < -0.39 is 0 Å². The number of rotatable bonds is 7. The molecule has 1 amide bonds. The summed E-state index contributed by atoms with van der Waals surface area (Å²) in [5.41, 5.74) is 8.53. The molecule has 2 aromatic heterocycles. The van der Waals surface area contributed by atoms with E-state index in [2.05, 4.69) is 29.0 Å². The highest BCUT2D eigenvalue weighted by molar-refractivity contribution is 5.95. The van der Waals surface area contributed by atoms with Crippen LogP contribution in [0.1, 0.15) is 44.6 Å². The lowest BCUT2D eigenvalue weighted by Crippen LogP contribution is -2.26.